The lowest BCUT2D eigenvalue weighted by Crippen LogP contribution is -2.03. The van der Waals surface area contributed by atoms with Crippen molar-refractivity contribution >= 4 is 0 Å². The van der Waals surface area contributed by atoms with Gasteiger partial charge in [-0.3, -0.25) is 0 Å². The largest absolute Gasteiger partial charge is 0.396 e. The van der Waals surface area contributed by atoms with E-state index in [4.69, 9.17) is 24.1 Å². The first-order valence-electron chi connectivity index (χ1n) is 10.3. The summed E-state index contributed by atoms with van der Waals surface area (Å²) < 4.78 is 22.2. The second-order valence-corrected chi connectivity index (χ2v) is 6.36. The maximum absolute atomic E-state index is 8.64. The summed E-state index contributed by atoms with van der Waals surface area (Å²) in [5.41, 5.74) is 0. The summed E-state index contributed by atoms with van der Waals surface area (Å²) in [7, 11) is 0. The van der Waals surface area contributed by atoms with Gasteiger partial charge in [0.1, 0.15) is 0 Å². The second-order valence-electron chi connectivity index (χ2n) is 6.36. The van der Waals surface area contributed by atoms with Gasteiger partial charge in [-0.15, -0.1) is 0 Å². The van der Waals surface area contributed by atoms with Crippen LogP contribution in [0.25, 0.3) is 0 Å². The first kappa shape index (κ1) is 24.8. The van der Waals surface area contributed by atoms with E-state index in [9.17, 15) is 0 Å². The minimum Gasteiger partial charge on any atom is -0.396 e. The molecule has 0 spiro atoms. The van der Waals surface area contributed by atoms with Crippen molar-refractivity contribution in [2.75, 3.05) is 59.5 Å². The molecule has 0 aromatic carbocycles. The highest BCUT2D eigenvalue weighted by molar-refractivity contribution is 4.43. The Hall–Kier alpha value is -0.200. The molecule has 0 saturated carbocycles. The Morgan fingerprint density at radius 2 is 0.720 bits per heavy atom. The van der Waals surface area contributed by atoms with E-state index in [2.05, 4.69) is 6.92 Å². The molecule has 5 heteroatoms. The van der Waals surface area contributed by atoms with E-state index in [-0.39, 0.29) is 6.61 Å². The van der Waals surface area contributed by atoms with Gasteiger partial charge >= 0.3 is 0 Å². The monoisotopic (exact) mass is 362 g/mol. The third-order valence-corrected chi connectivity index (χ3v) is 3.82. The molecule has 0 bridgehead atoms. The molecule has 0 aliphatic heterocycles. The third kappa shape index (κ3) is 23.8. The molecule has 0 unspecified atom stereocenters. The van der Waals surface area contributed by atoms with Gasteiger partial charge in [0.05, 0.1) is 0 Å². The van der Waals surface area contributed by atoms with Crippen LogP contribution in [0, 0.1) is 0 Å². The summed E-state index contributed by atoms with van der Waals surface area (Å²) >= 11 is 0. The zero-order valence-electron chi connectivity index (χ0n) is 16.5. The predicted molar refractivity (Wildman–Crippen MR) is 102 cm³/mol. The fourth-order valence-electron chi connectivity index (χ4n) is 2.20. The van der Waals surface area contributed by atoms with Crippen molar-refractivity contribution < 1.29 is 24.1 Å². The van der Waals surface area contributed by atoms with Crippen LogP contribution in [0.15, 0.2) is 0 Å². The number of aliphatic hydroxyl groups excluding tert-OH is 1. The van der Waals surface area contributed by atoms with Crippen molar-refractivity contribution in [1.29, 1.82) is 0 Å². The molecule has 5 nitrogen and oxygen atoms in total. The number of hydrogen-bond donors (Lipinski definition) is 1. The molecule has 0 amide bonds. The molecule has 0 radical (unpaired) electrons. The van der Waals surface area contributed by atoms with Gasteiger partial charge in [0.2, 0.25) is 0 Å². The Labute approximate surface area is 155 Å². The summed E-state index contributed by atoms with van der Waals surface area (Å²) in [6.07, 6.45) is 10.6. The van der Waals surface area contributed by atoms with E-state index in [1.807, 2.05) is 0 Å². The number of rotatable bonds is 22. The van der Waals surface area contributed by atoms with Gasteiger partial charge in [0, 0.05) is 59.5 Å². The van der Waals surface area contributed by atoms with Crippen LogP contribution in [0.1, 0.15) is 71.1 Å². The Bertz CT molecular complexity index is 204. The fourth-order valence-corrected chi connectivity index (χ4v) is 2.20. The smallest absolute Gasteiger partial charge is 0.0466 e. The van der Waals surface area contributed by atoms with Gasteiger partial charge < -0.3 is 24.1 Å². The van der Waals surface area contributed by atoms with E-state index >= 15 is 0 Å². The summed E-state index contributed by atoms with van der Waals surface area (Å²) in [4.78, 5) is 0. The molecular weight excluding hydrogens is 320 g/mol. The third-order valence-electron chi connectivity index (χ3n) is 3.82. The maximum atomic E-state index is 8.64. The lowest BCUT2D eigenvalue weighted by molar-refractivity contribution is 0.0838. The van der Waals surface area contributed by atoms with Gasteiger partial charge in [-0.1, -0.05) is 13.3 Å². The van der Waals surface area contributed by atoms with Gasteiger partial charge in [-0.2, -0.15) is 0 Å². The molecule has 0 fully saturated rings. The SMILES string of the molecule is CCCCOCCCCOCCCCOCCCCOCCCCO. The van der Waals surface area contributed by atoms with Crippen LogP contribution in [0.4, 0.5) is 0 Å². The minimum atomic E-state index is 0.260. The van der Waals surface area contributed by atoms with Crippen LogP contribution >= 0.6 is 0 Å². The molecule has 0 aliphatic rings. The number of aliphatic hydroxyl groups is 1. The standard InChI is InChI=1S/C20H42O5/c1-2-3-13-22-15-6-7-17-24-19-10-11-20-25-18-9-8-16-23-14-5-4-12-21/h21H,2-20H2,1H3. The average Bonchev–Trinajstić information content (AvgIpc) is 2.63. The Balaban J connectivity index is 2.94. The second kappa shape index (κ2) is 23.8. The number of unbranched alkanes of at least 4 members (excludes halogenated alkanes) is 5. The maximum Gasteiger partial charge on any atom is 0.0466 e. The lowest BCUT2D eigenvalue weighted by Gasteiger charge is -2.07. The first-order chi connectivity index (χ1) is 12.4. The molecule has 0 heterocycles. The van der Waals surface area contributed by atoms with Crippen LogP contribution in [0.5, 0.6) is 0 Å². The normalized spacial score (nSPS) is 11.3. The summed E-state index contributed by atoms with van der Waals surface area (Å²) in [5.74, 6) is 0. The van der Waals surface area contributed by atoms with Gasteiger partial charge in [-0.25, -0.2) is 0 Å². The zero-order valence-corrected chi connectivity index (χ0v) is 16.5. The molecule has 0 saturated heterocycles. The predicted octanol–water partition coefficient (Wildman–Crippen LogP) is 3.97. The van der Waals surface area contributed by atoms with E-state index in [1.165, 1.54) is 6.42 Å². The van der Waals surface area contributed by atoms with Crippen LogP contribution in [-0.4, -0.2) is 64.6 Å². The van der Waals surface area contributed by atoms with Crippen molar-refractivity contribution in [3.63, 3.8) is 0 Å². The van der Waals surface area contributed by atoms with E-state index in [0.29, 0.717) is 0 Å². The molecule has 0 atom stereocenters. The first-order valence-corrected chi connectivity index (χ1v) is 10.3. The lowest BCUT2D eigenvalue weighted by atomic mass is 10.3. The molecule has 0 aromatic heterocycles. The van der Waals surface area contributed by atoms with Crippen molar-refractivity contribution in [3.05, 3.63) is 0 Å². The molecule has 0 aromatic rings. The van der Waals surface area contributed by atoms with Crippen LogP contribution in [0.2, 0.25) is 0 Å². The Morgan fingerprint density at radius 1 is 0.440 bits per heavy atom. The van der Waals surface area contributed by atoms with Crippen molar-refractivity contribution in [3.8, 4) is 0 Å². The molecule has 0 aliphatic carbocycles. The van der Waals surface area contributed by atoms with Crippen LogP contribution in [0.3, 0.4) is 0 Å². The minimum absolute atomic E-state index is 0.260. The Kier molecular flexibility index (Phi) is 23.6. The van der Waals surface area contributed by atoms with Crippen LogP contribution < -0.4 is 0 Å². The van der Waals surface area contributed by atoms with E-state index < -0.39 is 0 Å². The van der Waals surface area contributed by atoms with Crippen molar-refractivity contribution in [2.24, 2.45) is 0 Å². The fraction of sp³-hybridized carbons (Fsp3) is 1.00. The topological polar surface area (TPSA) is 57.2 Å². The molecule has 1 N–H and O–H groups in total. The van der Waals surface area contributed by atoms with E-state index in [0.717, 1.165) is 111 Å². The van der Waals surface area contributed by atoms with E-state index in [1.54, 1.807) is 0 Å². The van der Waals surface area contributed by atoms with Crippen LogP contribution in [-0.2, 0) is 18.9 Å². The summed E-state index contributed by atoms with van der Waals surface area (Å²) in [6.45, 7) is 9.08. The highest BCUT2D eigenvalue weighted by Crippen LogP contribution is 1.98. The van der Waals surface area contributed by atoms with Crippen molar-refractivity contribution in [2.45, 2.75) is 71.1 Å². The number of ether oxygens (including phenoxy) is 4. The highest BCUT2D eigenvalue weighted by atomic mass is 16.5. The quantitative estimate of drug-likeness (QED) is 0.295. The molecular formula is C20H42O5. The zero-order chi connectivity index (χ0) is 18.3. The molecule has 0 rings (SSSR count). The summed E-state index contributed by atoms with van der Waals surface area (Å²) in [5, 5.41) is 8.64. The van der Waals surface area contributed by atoms with Gasteiger partial charge in [0.15, 0.2) is 0 Å². The summed E-state index contributed by atoms with van der Waals surface area (Å²) in [6, 6.07) is 0. The number of hydrogen-bond acceptors (Lipinski definition) is 5. The molecule has 152 valence electrons. The average molecular weight is 363 g/mol. The Morgan fingerprint density at radius 3 is 1.00 bits per heavy atom. The highest BCUT2D eigenvalue weighted by Gasteiger charge is 1.94. The molecule has 25 heavy (non-hydrogen) atoms. The van der Waals surface area contributed by atoms with Gasteiger partial charge in [0.25, 0.3) is 0 Å². The van der Waals surface area contributed by atoms with Crippen molar-refractivity contribution in [1.82, 2.24) is 0 Å². The van der Waals surface area contributed by atoms with Gasteiger partial charge in [-0.05, 0) is 57.8 Å².